The van der Waals surface area contributed by atoms with Gasteiger partial charge in [-0.25, -0.2) is 4.39 Å². The number of hydrogen-bond acceptors (Lipinski definition) is 3. The summed E-state index contributed by atoms with van der Waals surface area (Å²) in [5, 5.41) is 0. The van der Waals surface area contributed by atoms with Gasteiger partial charge in [-0.1, -0.05) is 22.0 Å². The molecule has 0 radical (unpaired) electrons. The van der Waals surface area contributed by atoms with E-state index in [0.717, 1.165) is 5.56 Å². The van der Waals surface area contributed by atoms with Gasteiger partial charge >= 0.3 is 0 Å². The average molecular weight is 355 g/mol. The number of methoxy groups -OCH3 is 3. The van der Waals surface area contributed by atoms with Crippen molar-refractivity contribution in [2.45, 2.75) is 4.83 Å². The van der Waals surface area contributed by atoms with Crippen LogP contribution in [-0.2, 0) is 0 Å². The fourth-order valence-corrected chi connectivity index (χ4v) is 2.74. The Balaban J connectivity index is 2.44. The molecule has 2 rings (SSSR count). The Bertz CT molecular complexity index is 631. The number of ether oxygens (including phenoxy) is 3. The maximum atomic E-state index is 13.5. The van der Waals surface area contributed by atoms with Crippen molar-refractivity contribution in [3.63, 3.8) is 0 Å². The highest BCUT2D eigenvalue weighted by molar-refractivity contribution is 9.09. The quantitative estimate of drug-likeness (QED) is 0.747. The third-order valence-corrected chi connectivity index (χ3v) is 4.19. The molecule has 0 saturated heterocycles. The molecule has 1 unspecified atom stereocenters. The second-order valence-electron chi connectivity index (χ2n) is 4.36. The van der Waals surface area contributed by atoms with Crippen molar-refractivity contribution in [1.29, 1.82) is 0 Å². The van der Waals surface area contributed by atoms with Crippen molar-refractivity contribution >= 4 is 15.9 Å². The van der Waals surface area contributed by atoms with E-state index >= 15 is 0 Å². The number of alkyl halides is 1. The molecule has 0 fully saturated rings. The summed E-state index contributed by atoms with van der Waals surface area (Å²) in [7, 11) is 4.72. The normalized spacial score (nSPS) is 11.9. The van der Waals surface area contributed by atoms with Gasteiger partial charge in [0.15, 0.2) is 11.5 Å². The smallest absolute Gasteiger partial charge is 0.161 e. The summed E-state index contributed by atoms with van der Waals surface area (Å²) < 4.78 is 29.3. The number of hydrogen-bond donors (Lipinski definition) is 0. The highest BCUT2D eigenvalue weighted by Gasteiger charge is 2.18. The van der Waals surface area contributed by atoms with Crippen LogP contribution >= 0.6 is 15.9 Å². The van der Waals surface area contributed by atoms with Crippen molar-refractivity contribution in [3.8, 4) is 17.2 Å². The van der Waals surface area contributed by atoms with E-state index < -0.39 is 0 Å². The minimum atomic E-state index is -0.310. The average Bonchev–Trinajstić information content (AvgIpc) is 2.53. The summed E-state index contributed by atoms with van der Waals surface area (Å²) in [4.78, 5) is -0.219. The van der Waals surface area contributed by atoms with E-state index in [0.29, 0.717) is 22.8 Å². The van der Waals surface area contributed by atoms with Gasteiger partial charge in [0.1, 0.15) is 11.6 Å². The monoisotopic (exact) mass is 354 g/mol. The second-order valence-corrected chi connectivity index (χ2v) is 5.28. The van der Waals surface area contributed by atoms with Crippen LogP contribution in [0.15, 0.2) is 36.4 Å². The Morgan fingerprint density at radius 3 is 2.10 bits per heavy atom. The van der Waals surface area contributed by atoms with Crippen LogP contribution in [0.25, 0.3) is 0 Å². The van der Waals surface area contributed by atoms with Crippen LogP contribution in [0.1, 0.15) is 16.0 Å². The molecule has 2 aromatic carbocycles. The van der Waals surface area contributed by atoms with Crippen molar-refractivity contribution < 1.29 is 18.6 Å². The van der Waals surface area contributed by atoms with Gasteiger partial charge in [-0.3, -0.25) is 0 Å². The summed E-state index contributed by atoms with van der Waals surface area (Å²) in [6, 6.07) is 9.99. The van der Waals surface area contributed by atoms with Crippen LogP contribution in [0.5, 0.6) is 17.2 Å². The summed E-state index contributed by atoms with van der Waals surface area (Å²) in [5.41, 5.74) is 1.63. The van der Waals surface area contributed by atoms with Crippen LogP contribution < -0.4 is 14.2 Å². The zero-order valence-electron chi connectivity index (χ0n) is 12.0. The number of rotatable bonds is 5. The lowest BCUT2D eigenvalue weighted by Crippen LogP contribution is -1.99. The first-order valence-electron chi connectivity index (χ1n) is 6.30. The molecule has 0 aliphatic rings. The molecule has 0 aromatic heterocycles. The number of benzene rings is 2. The Hall–Kier alpha value is -1.75. The van der Waals surface area contributed by atoms with Gasteiger partial charge in [0.2, 0.25) is 0 Å². The molecule has 1 atom stereocenters. The molecule has 0 N–H and O–H groups in total. The maximum absolute atomic E-state index is 13.5. The first kappa shape index (κ1) is 15.6. The van der Waals surface area contributed by atoms with Gasteiger partial charge in [-0.2, -0.15) is 0 Å². The van der Waals surface area contributed by atoms with Crippen molar-refractivity contribution in [2.75, 3.05) is 21.3 Å². The van der Waals surface area contributed by atoms with E-state index in [4.69, 9.17) is 14.2 Å². The predicted molar refractivity (Wildman–Crippen MR) is 83.3 cm³/mol. The van der Waals surface area contributed by atoms with E-state index in [1.54, 1.807) is 27.4 Å². The van der Waals surface area contributed by atoms with E-state index in [1.165, 1.54) is 12.1 Å². The molecule has 0 aliphatic heterocycles. The molecule has 0 saturated carbocycles. The lowest BCUT2D eigenvalue weighted by atomic mass is 10.0. The minimum absolute atomic E-state index is 0.219. The molecule has 2 aromatic rings. The molecule has 0 bridgehead atoms. The molecule has 0 amide bonds. The summed E-state index contributed by atoms with van der Waals surface area (Å²) in [6.45, 7) is 0. The number of halogens is 2. The van der Waals surface area contributed by atoms with Gasteiger partial charge in [-0.15, -0.1) is 0 Å². The molecule has 3 nitrogen and oxygen atoms in total. The zero-order chi connectivity index (χ0) is 15.4. The SMILES string of the molecule is COc1ccc(C(Br)c2cc(F)ccc2OC)cc1OC. The zero-order valence-corrected chi connectivity index (χ0v) is 13.6. The van der Waals surface area contributed by atoms with E-state index in [-0.39, 0.29) is 10.6 Å². The van der Waals surface area contributed by atoms with Gasteiger partial charge in [-0.05, 0) is 35.9 Å². The van der Waals surface area contributed by atoms with Crippen molar-refractivity contribution in [3.05, 3.63) is 53.3 Å². The van der Waals surface area contributed by atoms with Crippen molar-refractivity contribution in [1.82, 2.24) is 0 Å². The molecule has 0 heterocycles. The van der Waals surface area contributed by atoms with Gasteiger partial charge < -0.3 is 14.2 Å². The maximum Gasteiger partial charge on any atom is 0.161 e. The highest BCUT2D eigenvalue weighted by Crippen LogP contribution is 2.40. The minimum Gasteiger partial charge on any atom is -0.496 e. The van der Waals surface area contributed by atoms with Gasteiger partial charge in [0.05, 0.1) is 26.2 Å². The van der Waals surface area contributed by atoms with Crippen LogP contribution in [0.3, 0.4) is 0 Å². The first-order chi connectivity index (χ1) is 10.1. The highest BCUT2D eigenvalue weighted by atomic mass is 79.9. The van der Waals surface area contributed by atoms with Crippen LogP contribution in [0.2, 0.25) is 0 Å². The fourth-order valence-electron chi connectivity index (χ4n) is 2.09. The molecule has 0 spiro atoms. The first-order valence-corrected chi connectivity index (χ1v) is 7.21. The topological polar surface area (TPSA) is 27.7 Å². The van der Waals surface area contributed by atoms with Crippen LogP contribution in [-0.4, -0.2) is 21.3 Å². The lowest BCUT2D eigenvalue weighted by Gasteiger charge is -2.16. The third kappa shape index (κ3) is 3.29. The fraction of sp³-hybridized carbons (Fsp3) is 0.250. The van der Waals surface area contributed by atoms with Crippen LogP contribution in [0, 0.1) is 5.82 Å². The molecule has 5 heteroatoms. The molecule has 112 valence electrons. The van der Waals surface area contributed by atoms with E-state index in [2.05, 4.69) is 15.9 Å². The summed E-state index contributed by atoms with van der Waals surface area (Å²) in [5.74, 6) is 1.57. The summed E-state index contributed by atoms with van der Waals surface area (Å²) >= 11 is 3.59. The van der Waals surface area contributed by atoms with E-state index in [9.17, 15) is 4.39 Å². The standard InChI is InChI=1S/C16H16BrFO3/c1-19-13-7-5-11(18)9-12(13)16(17)10-4-6-14(20-2)15(8-10)21-3/h4-9,16H,1-3H3. The Morgan fingerprint density at radius 2 is 1.48 bits per heavy atom. The predicted octanol–water partition coefficient (Wildman–Crippen LogP) is 4.34. The van der Waals surface area contributed by atoms with Crippen molar-refractivity contribution in [2.24, 2.45) is 0 Å². The van der Waals surface area contributed by atoms with E-state index in [1.807, 2.05) is 18.2 Å². The lowest BCUT2D eigenvalue weighted by molar-refractivity contribution is 0.354. The largest absolute Gasteiger partial charge is 0.496 e. The second kappa shape index (κ2) is 6.80. The molecule has 0 aliphatic carbocycles. The van der Waals surface area contributed by atoms with Crippen LogP contribution in [0.4, 0.5) is 4.39 Å². The Morgan fingerprint density at radius 1 is 0.857 bits per heavy atom. The molecular formula is C16H16BrFO3. The molecule has 21 heavy (non-hydrogen) atoms. The molecular weight excluding hydrogens is 339 g/mol. The summed E-state index contributed by atoms with van der Waals surface area (Å²) in [6.07, 6.45) is 0. The third-order valence-electron chi connectivity index (χ3n) is 3.17. The Labute approximate surface area is 131 Å². The Kier molecular flexibility index (Phi) is 5.07. The van der Waals surface area contributed by atoms with Gasteiger partial charge in [0, 0.05) is 5.56 Å². The van der Waals surface area contributed by atoms with Gasteiger partial charge in [0.25, 0.3) is 0 Å².